The molecular weight excluding hydrogens is 398 g/mol. The molecule has 7 heteroatoms. The van der Waals surface area contributed by atoms with Gasteiger partial charge in [0.25, 0.3) is 0 Å². The summed E-state index contributed by atoms with van der Waals surface area (Å²) in [5.74, 6) is 0.0737. The number of para-hydroxylation sites is 1. The Morgan fingerprint density at radius 1 is 1.00 bits per heavy atom. The van der Waals surface area contributed by atoms with E-state index in [4.69, 9.17) is 0 Å². The van der Waals surface area contributed by atoms with Crippen molar-refractivity contribution in [2.75, 3.05) is 5.32 Å². The molecule has 2 heterocycles. The molecule has 0 fully saturated rings. The fraction of sp³-hybridized carbons (Fsp3) is 0.130. The van der Waals surface area contributed by atoms with E-state index in [-0.39, 0.29) is 23.1 Å². The first-order valence-electron chi connectivity index (χ1n) is 9.49. The lowest BCUT2D eigenvalue weighted by atomic mass is 10.2. The highest BCUT2D eigenvalue weighted by Gasteiger charge is 2.22. The van der Waals surface area contributed by atoms with E-state index in [1.807, 2.05) is 43.3 Å². The van der Waals surface area contributed by atoms with Crippen LogP contribution in [-0.4, -0.2) is 23.9 Å². The van der Waals surface area contributed by atoms with Crippen molar-refractivity contribution < 1.29 is 13.2 Å². The van der Waals surface area contributed by atoms with E-state index in [0.717, 1.165) is 11.1 Å². The summed E-state index contributed by atoms with van der Waals surface area (Å²) in [5.41, 5.74) is 2.49. The summed E-state index contributed by atoms with van der Waals surface area (Å²) >= 11 is 0. The van der Waals surface area contributed by atoms with Gasteiger partial charge in [0.05, 0.1) is 10.6 Å². The number of nitrogens with zero attached hydrogens (tertiary/aromatic N) is 2. The first-order chi connectivity index (χ1) is 14.4. The van der Waals surface area contributed by atoms with Crippen molar-refractivity contribution >= 4 is 32.5 Å². The second kappa shape index (κ2) is 8.12. The Balaban J connectivity index is 1.65. The zero-order valence-corrected chi connectivity index (χ0v) is 17.3. The lowest BCUT2D eigenvalue weighted by Crippen LogP contribution is -2.18. The molecule has 1 N–H and O–H groups in total. The van der Waals surface area contributed by atoms with E-state index in [1.165, 1.54) is 0 Å². The van der Waals surface area contributed by atoms with Crippen LogP contribution < -0.4 is 5.32 Å². The molecule has 0 atom stereocenters. The Bertz CT molecular complexity index is 1290. The maximum absolute atomic E-state index is 13.2. The smallest absolute Gasteiger partial charge is 0.245 e. The molecule has 30 heavy (non-hydrogen) atoms. The molecule has 4 aromatic rings. The van der Waals surface area contributed by atoms with Crippen molar-refractivity contribution in [2.24, 2.45) is 0 Å². The maximum Gasteiger partial charge on any atom is 0.245 e. The number of rotatable bonds is 6. The topological polar surface area (TPSA) is 81.1 Å². The van der Waals surface area contributed by atoms with E-state index in [2.05, 4.69) is 10.3 Å². The number of carbonyl (C=O) groups is 1. The number of benzene rings is 2. The highest BCUT2D eigenvalue weighted by Crippen LogP contribution is 2.28. The summed E-state index contributed by atoms with van der Waals surface area (Å²) in [6, 6.07) is 19.9. The Hall–Kier alpha value is -3.45. The minimum absolute atomic E-state index is 0.0167. The molecule has 0 aliphatic carbocycles. The van der Waals surface area contributed by atoms with Gasteiger partial charge in [0.15, 0.2) is 9.84 Å². The van der Waals surface area contributed by atoms with Crippen molar-refractivity contribution in [3.05, 3.63) is 90.3 Å². The van der Waals surface area contributed by atoms with Crippen molar-refractivity contribution in [3.63, 3.8) is 0 Å². The predicted molar refractivity (Wildman–Crippen MR) is 117 cm³/mol. The van der Waals surface area contributed by atoms with Gasteiger partial charge in [-0.25, -0.2) is 13.4 Å². The monoisotopic (exact) mass is 419 g/mol. The van der Waals surface area contributed by atoms with Gasteiger partial charge in [0.2, 0.25) is 5.91 Å². The van der Waals surface area contributed by atoms with Crippen molar-refractivity contribution in [2.45, 2.75) is 24.1 Å². The van der Waals surface area contributed by atoms with Gasteiger partial charge in [-0.15, -0.1) is 0 Å². The highest BCUT2D eigenvalue weighted by molar-refractivity contribution is 7.90. The molecule has 0 spiro atoms. The van der Waals surface area contributed by atoms with E-state index in [0.29, 0.717) is 16.7 Å². The summed E-state index contributed by atoms with van der Waals surface area (Å²) < 4.78 is 28.0. The Labute approximate surface area is 175 Å². The summed E-state index contributed by atoms with van der Waals surface area (Å²) in [7, 11) is -3.59. The number of sulfone groups is 1. The number of aromatic nitrogens is 2. The highest BCUT2D eigenvalue weighted by atomic mass is 32.2. The van der Waals surface area contributed by atoms with E-state index in [9.17, 15) is 13.2 Å². The van der Waals surface area contributed by atoms with Crippen LogP contribution in [0, 0.1) is 6.92 Å². The number of hydrogen-bond donors (Lipinski definition) is 1. The van der Waals surface area contributed by atoms with Crippen molar-refractivity contribution in [3.8, 4) is 0 Å². The summed E-state index contributed by atoms with van der Waals surface area (Å²) in [6.07, 6.45) is 3.14. The zero-order valence-electron chi connectivity index (χ0n) is 16.4. The zero-order chi connectivity index (χ0) is 21.1. The Kier molecular flexibility index (Phi) is 5.37. The average molecular weight is 420 g/mol. The third-order valence-electron chi connectivity index (χ3n) is 4.81. The summed E-state index contributed by atoms with van der Waals surface area (Å²) in [5, 5.41) is 3.33. The lowest BCUT2D eigenvalue weighted by molar-refractivity contribution is -0.116. The molecule has 152 valence electrons. The molecular formula is C23H21N3O3S. The van der Waals surface area contributed by atoms with E-state index < -0.39 is 9.84 Å². The van der Waals surface area contributed by atoms with Crippen LogP contribution in [0.4, 0.5) is 5.82 Å². The number of anilines is 1. The molecule has 4 rings (SSSR count). The molecule has 0 aliphatic heterocycles. The number of fused-ring (bicyclic) bond motifs is 1. The molecule has 2 aromatic carbocycles. The Morgan fingerprint density at radius 2 is 1.73 bits per heavy atom. The minimum Gasteiger partial charge on any atom is -0.337 e. The quantitative estimate of drug-likeness (QED) is 0.513. The molecule has 1 amide bonds. The van der Waals surface area contributed by atoms with Crippen LogP contribution in [0.3, 0.4) is 0 Å². The molecule has 6 nitrogen and oxygen atoms in total. The van der Waals surface area contributed by atoms with E-state index >= 15 is 0 Å². The van der Waals surface area contributed by atoms with Crippen LogP contribution >= 0.6 is 0 Å². The molecule has 0 aliphatic rings. The molecule has 0 bridgehead atoms. The van der Waals surface area contributed by atoms with Gasteiger partial charge in [-0.1, -0.05) is 54.1 Å². The van der Waals surface area contributed by atoms with Crippen molar-refractivity contribution in [1.82, 2.24) is 9.55 Å². The molecule has 0 saturated heterocycles. The SMILES string of the molecule is Cc1ccc(CS(=O)(=O)c2cn(CC(=O)Nc3ccccn3)c3ccccc23)cc1. The van der Waals surface area contributed by atoms with Gasteiger partial charge in [-0.3, -0.25) is 4.79 Å². The predicted octanol–water partition coefficient (Wildman–Crippen LogP) is 3.96. The molecule has 0 radical (unpaired) electrons. The molecule has 0 saturated carbocycles. The second-order valence-corrected chi connectivity index (χ2v) is 9.10. The van der Waals surface area contributed by atoms with Gasteiger partial charge in [-0.2, -0.15) is 0 Å². The number of carbonyl (C=O) groups excluding carboxylic acids is 1. The lowest BCUT2D eigenvalue weighted by Gasteiger charge is -2.06. The number of aryl methyl sites for hydroxylation is 1. The fourth-order valence-corrected chi connectivity index (χ4v) is 4.93. The maximum atomic E-state index is 13.2. The van der Waals surface area contributed by atoms with Crippen LogP contribution in [0.25, 0.3) is 10.9 Å². The molecule has 0 unspecified atom stereocenters. The fourth-order valence-electron chi connectivity index (χ4n) is 3.35. The van der Waals surface area contributed by atoms with Crippen LogP contribution in [0.5, 0.6) is 0 Å². The van der Waals surface area contributed by atoms with E-state index in [1.54, 1.807) is 47.3 Å². The van der Waals surface area contributed by atoms with Gasteiger partial charge >= 0.3 is 0 Å². The second-order valence-electron chi connectivity index (χ2n) is 7.15. The van der Waals surface area contributed by atoms with Crippen LogP contribution in [0.2, 0.25) is 0 Å². The van der Waals surface area contributed by atoms with Crippen molar-refractivity contribution in [1.29, 1.82) is 0 Å². The van der Waals surface area contributed by atoms with Gasteiger partial charge in [0.1, 0.15) is 12.4 Å². The Morgan fingerprint density at radius 3 is 2.47 bits per heavy atom. The summed E-state index contributed by atoms with van der Waals surface area (Å²) in [6.45, 7) is 1.94. The largest absolute Gasteiger partial charge is 0.337 e. The van der Waals surface area contributed by atoms with Crippen LogP contribution in [0.1, 0.15) is 11.1 Å². The number of nitrogens with one attached hydrogen (secondary N) is 1. The third-order valence-corrected chi connectivity index (χ3v) is 6.52. The molecule has 2 aromatic heterocycles. The standard InChI is InChI=1S/C23H21N3O3S/c1-17-9-11-18(12-10-17)16-30(28,29)21-14-26(20-7-3-2-6-19(20)21)15-23(27)25-22-8-4-5-13-24-22/h2-14H,15-16H2,1H3,(H,24,25,27). The van der Waals surface area contributed by atoms with Gasteiger partial charge in [-0.05, 0) is 30.7 Å². The van der Waals surface area contributed by atoms with Gasteiger partial charge < -0.3 is 9.88 Å². The summed E-state index contributed by atoms with van der Waals surface area (Å²) in [4.78, 5) is 16.8. The number of amides is 1. The van der Waals surface area contributed by atoms with Gasteiger partial charge in [0, 0.05) is 23.3 Å². The minimum atomic E-state index is -3.59. The van der Waals surface area contributed by atoms with Crippen LogP contribution in [0.15, 0.2) is 84.0 Å². The normalized spacial score (nSPS) is 11.5. The number of pyridine rings is 1. The number of hydrogen-bond acceptors (Lipinski definition) is 4. The first-order valence-corrected chi connectivity index (χ1v) is 11.1. The first kappa shape index (κ1) is 19.8. The third kappa shape index (κ3) is 4.26. The average Bonchev–Trinajstić information content (AvgIpc) is 3.10. The van der Waals surface area contributed by atoms with Crippen LogP contribution in [-0.2, 0) is 26.9 Å².